The van der Waals surface area contributed by atoms with E-state index >= 15 is 0 Å². The Morgan fingerprint density at radius 3 is 2.37 bits per heavy atom. The van der Waals surface area contributed by atoms with Gasteiger partial charge >= 0.3 is 10.3 Å². The van der Waals surface area contributed by atoms with E-state index in [0.29, 0.717) is 18.3 Å². The Kier molecular flexibility index (Phi) is 6.27. The zero-order chi connectivity index (χ0) is 24.4. The number of nitrogens with one attached hydrogen (secondary N) is 2. The number of hydrogen-bond donors (Lipinski definition) is 3. The molecule has 10 nitrogen and oxygen atoms in total. The molecule has 5 rings (SSSR count). The van der Waals surface area contributed by atoms with Crippen molar-refractivity contribution in [2.24, 2.45) is 7.05 Å². The Morgan fingerprint density at radius 2 is 1.69 bits per heavy atom. The van der Waals surface area contributed by atoms with E-state index in [1.54, 1.807) is 28.9 Å². The minimum absolute atomic E-state index is 0.284. The number of aromatic nitrogens is 4. The van der Waals surface area contributed by atoms with Crippen molar-refractivity contribution in [3.8, 4) is 11.3 Å². The molecule has 3 heterocycles. The smallest absolute Gasteiger partial charge is 0.357 e. The first-order chi connectivity index (χ1) is 16.9. The molecule has 0 bridgehead atoms. The largest absolute Gasteiger partial charge is 0.365 e. The molecule has 2 aromatic carbocycles. The maximum absolute atomic E-state index is 11.0. The molecular formula is C24H27N7O3S. The maximum Gasteiger partial charge on any atom is 0.357 e. The molecule has 1 aliphatic rings. The molecule has 182 valence electrons. The Morgan fingerprint density at radius 1 is 0.971 bits per heavy atom. The molecule has 0 saturated carbocycles. The van der Waals surface area contributed by atoms with Crippen LogP contribution in [0.25, 0.3) is 22.3 Å². The van der Waals surface area contributed by atoms with E-state index in [0.717, 1.165) is 53.8 Å². The van der Waals surface area contributed by atoms with Crippen LogP contribution in [0.2, 0.25) is 0 Å². The van der Waals surface area contributed by atoms with Crippen LogP contribution >= 0.6 is 0 Å². The first-order valence-electron chi connectivity index (χ1n) is 11.5. The number of hydrogen-bond acceptors (Lipinski definition) is 7. The van der Waals surface area contributed by atoms with Gasteiger partial charge in [-0.3, -0.25) is 9.27 Å². The maximum atomic E-state index is 11.0. The van der Waals surface area contributed by atoms with Gasteiger partial charge in [-0.25, -0.2) is 4.68 Å². The fourth-order valence-corrected chi connectivity index (χ4v) is 4.76. The minimum Gasteiger partial charge on any atom is -0.365 e. The third-order valence-corrected chi connectivity index (χ3v) is 6.51. The van der Waals surface area contributed by atoms with Gasteiger partial charge in [0, 0.05) is 32.2 Å². The summed E-state index contributed by atoms with van der Waals surface area (Å²) in [6.45, 7) is 2.31. The van der Waals surface area contributed by atoms with Crippen LogP contribution in [-0.4, -0.2) is 45.8 Å². The predicted molar refractivity (Wildman–Crippen MR) is 137 cm³/mol. The van der Waals surface area contributed by atoms with Gasteiger partial charge in [0.1, 0.15) is 11.5 Å². The summed E-state index contributed by atoms with van der Waals surface area (Å²) >= 11 is 0. The summed E-state index contributed by atoms with van der Waals surface area (Å²) in [6, 6.07) is 16.7. The lowest BCUT2D eigenvalue weighted by molar-refractivity contribution is 0.489. The summed E-state index contributed by atoms with van der Waals surface area (Å²) in [7, 11) is -2.42. The van der Waals surface area contributed by atoms with Crippen molar-refractivity contribution in [3.05, 3.63) is 60.2 Å². The highest BCUT2D eigenvalue weighted by Crippen LogP contribution is 2.33. The first-order valence-corrected chi connectivity index (χ1v) is 12.9. The van der Waals surface area contributed by atoms with Crippen molar-refractivity contribution in [2.75, 3.05) is 28.0 Å². The first kappa shape index (κ1) is 23.1. The summed E-state index contributed by atoms with van der Waals surface area (Å²) in [4.78, 5) is 12.0. The Hall–Kier alpha value is -3.70. The highest BCUT2D eigenvalue weighted by molar-refractivity contribution is 7.87. The van der Waals surface area contributed by atoms with Gasteiger partial charge in [-0.2, -0.15) is 23.5 Å². The van der Waals surface area contributed by atoms with Crippen molar-refractivity contribution in [3.63, 3.8) is 0 Å². The number of fused-ring (bicyclic) bond motifs is 1. The number of aryl methyl sites for hydroxylation is 1. The third-order valence-electron chi connectivity index (χ3n) is 6.02. The molecule has 2 aromatic heterocycles. The lowest BCUT2D eigenvalue weighted by Gasteiger charge is -2.27. The third kappa shape index (κ3) is 5.20. The number of piperidine rings is 1. The van der Waals surface area contributed by atoms with Gasteiger partial charge in [-0.05, 0) is 37.0 Å². The second-order valence-electron chi connectivity index (χ2n) is 8.58. The lowest BCUT2D eigenvalue weighted by Crippen LogP contribution is -2.31. The number of nitrogens with zero attached hydrogens (tertiary/aromatic N) is 5. The van der Waals surface area contributed by atoms with E-state index in [1.165, 1.54) is 6.42 Å². The Bertz CT molecular complexity index is 1430. The quantitative estimate of drug-likeness (QED) is 0.332. The van der Waals surface area contributed by atoms with Gasteiger partial charge in [-0.1, -0.05) is 42.5 Å². The molecule has 0 aliphatic carbocycles. The van der Waals surface area contributed by atoms with Crippen LogP contribution in [0.1, 0.15) is 24.8 Å². The number of anilines is 3. The Balaban J connectivity index is 1.51. The molecule has 0 amide bonds. The van der Waals surface area contributed by atoms with Gasteiger partial charge in [0.05, 0.1) is 11.1 Å². The highest BCUT2D eigenvalue weighted by Gasteiger charge is 2.22. The monoisotopic (exact) mass is 493 g/mol. The van der Waals surface area contributed by atoms with Crippen molar-refractivity contribution in [2.45, 2.75) is 25.8 Å². The molecule has 11 heteroatoms. The van der Waals surface area contributed by atoms with Gasteiger partial charge in [0.2, 0.25) is 5.95 Å². The van der Waals surface area contributed by atoms with Crippen molar-refractivity contribution in [1.29, 1.82) is 0 Å². The molecule has 1 aliphatic heterocycles. The number of benzene rings is 2. The molecule has 0 spiro atoms. The summed E-state index contributed by atoms with van der Waals surface area (Å²) in [5.41, 5.74) is 3.75. The molecule has 3 N–H and O–H groups in total. The summed E-state index contributed by atoms with van der Waals surface area (Å²) in [5, 5.41) is 9.08. The van der Waals surface area contributed by atoms with E-state index in [-0.39, 0.29) is 5.69 Å². The standard InChI is InChI=1S/C24H27N7O3S/c1-30-23-20(21(28-30)18-8-4-2-5-9-18)22(26-24(27-23)31-14-6-3-7-15-31)25-16-17-10-12-19(13-11-17)29-35(32,33)34/h2,4-5,8-13,29H,3,6-7,14-16H2,1H3,(H,25,26,27)(H,32,33,34). The summed E-state index contributed by atoms with van der Waals surface area (Å²) < 4.78 is 34.9. The zero-order valence-corrected chi connectivity index (χ0v) is 20.2. The minimum atomic E-state index is -4.31. The van der Waals surface area contributed by atoms with Gasteiger partial charge < -0.3 is 10.2 Å². The van der Waals surface area contributed by atoms with Crippen LogP contribution in [0.15, 0.2) is 54.6 Å². The normalized spacial score (nSPS) is 14.3. The van der Waals surface area contributed by atoms with Crippen LogP contribution in [0.4, 0.5) is 17.5 Å². The van der Waals surface area contributed by atoms with E-state index < -0.39 is 10.3 Å². The fraction of sp³-hybridized carbons (Fsp3) is 0.292. The van der Waals surface area contributed by atoms with Gasteiger partial charge in [-0.15, -0.1) is 0 Å². The zero-order valence-electron chi connectivity index (χ0n) is 19.3. The highest BCUT2D eigenvalue weighted by atomic mass is 32.2. The molecule has 0 atom stereocenters. The van der Waals surface area contributed by atoms with E-state index in [1.807, 2.05) is 42.1 Å². The fourth-order valence-electron chi connectivity index (χ4n) is 4.32. The van der Waals surface area contributed by atoms with Crippen LogP contribution in [0.5, 0.6) is 0 Å². The SMILES string of the molecule is Cn1nc(-c2ccccc2)c2c(NCc3ccc(NS(=O)(=O)O)cc3)nc(N3CCCCC3)nc21. The second-order valence-corrected chi connectivity index (χ2v) is 9.74. The summed E-state index contributed by atoms with van der Waals surface area (Å²) in [5.74, 6) is 1.39. The van der Waals surface area contributed by atoms with Crippen LogP contribution in [-0.2, 0) is 23.9 Å². The average Bonchev–Trinajstić information content (AvgIpc) is 3.20. The van der Waals surface area contributed by atoms with Crippen LogP contribution in [0.3, 0.4) is 0 Å². The Labute approximate surface area is 203 Å². The summed E-state index contributed by atoms with van der Waals surface area (Å²) in [6.07, 6.45) is 3.46. The second kappa shape index (κ2) is 9.51. The molecule has 1 fully saturated rings. The molecule has 35 heavy (non-hydrogen) atoms. The topological polar surface area (TPSA) is 125 Å². The molecule has 0 radical (unpaired) electrons. The van der Waals surface area contributed by atoms with Crippen LogP contribution in [0, 0.1) is 0 Å². The van der Waals surface area contributed by atoms with Crippen molar-refractivity contribution >= 4 is 38.8 Å². The van der Waals surface area contributed by atoms with E-state index in [2.05, 4.69) is 10.2 Å². The van der Waals surface area contributed by atoms with Gasteiger partial charge in [0.15, 0.2) is 5.65 Å². The van der Waals surface area contributed by atoms with E-state index in [4.69, 9.17) is 19.6 Å². The molecule has 4 aromatic rings. The van der Waals surface area contributed by atoms with Crippen molar-refractivity contribution < 1.29 is 13.0 Å². The van der Waals surface area contributed by atoms with Gasteiger partial charge in [0.25, 0.3) is 0 Å². The van der Waals surface area contributed by atoms with Crippen molar-refractivity contribution in [1.82, 2.24) is 19.7 Å². The van der Waals surface area contributed by atoms with E-state index in [9.17, 15) is 8.42 Å². The molecule has 1 saturated heterocycles. The number of rotatable bonds is 7. The average molecular weight is 494 g/mol. The van der Waals surface area contributed by atoms with Crippen LogP contribution < -0.4 is 14.9 Å². The molecular weight excluding hydrogens is 466 g/mol. The molecule has 0 unspecified atom stereocenters. The predicted octanol–water partition coefficient (Wildman–Crippen LogP) is 3.85. The lowest BCUT2D eigenvalue weighted by atomic mass is 10.1.